The smallest absolute Gasteiger partial charge is 0.243 e. The molecule has 0 fully saturated rings. The molecule has 0 saturated heterocycles. The molecule has 0 spiro atoms. The van der Waals surface area contributed by atoms with E-state index in [1.165, 1.54) is 4.31 Å². The summed E-state index contributed by atoms with van der Waals surface area (Å²) in [6.45, 7) is 2.64. The number of nitrogens with zero attached hydrogens (tertiary/aromatic N) is 2. The molecule has 11 heteroatoms. The number of anilines is 1. The fourth-order valence-electron chi connectivity index (χ4n) is 4.37. The van der Waals surface area contributed by atoms with Gasteiger partial charge in [0.1, 0.15) is 6.04 Å². The number of hydrogen-bond donors (Lipinski definition) is 1. The Labute approximate surface area is 257 Å². The van der Waals surface area contributed by atoms with Crippen LogP contribution in [0.3, 0.4) is 0 Å². The number of carbonyl (C=O) groups is 2. The van der Waals surface area contributed by atoms with Gasteiger partial charge in [-0.25, -0.2) is 8.42 Å². The van der Waals surface area contributed by atoms with E-state index in [1.54, 1.807) is 47.4 Å². The number of sulfonamides is 1. The van der Waals surface area contributed by atoms with Crippen LogP contribution in [0.1, 0.15) is 37.3 Å². The zero-order valence-corrected chi connectivity index (χ0v) is 26.1. The molecular weight excluding hydrogens is 605 g/mol. The summed E-state index contributed by atoms with van der Waals surface area (Å²) in [5.74, 6) is -0.545. The Morgan fingerprint density at radius 1 is 0.902 bits per heavy atom. The van der Waals surface area contributed by atoms with Crippen molar-refractivity contribution in [2.24, 2.45) is 0 Å². The summed E-state index contributed by atoms with van der Waals surface area (Å²) < 4.78 is 26.3. The van der Waals surface area contributed by atoms with Gasteiger partial charge in [0, 0.05) is 37.5 Å². The Morgan fingerprint density at radius 3 is 2.20 bits per heavy atom. The van der Waals surface area contributed by atoms with Gasteiger partial charge < -0.3 is 10.2 Å². The lowest BCUT2D eigenvalue weighted by Gasteiger charge is -2.32. The molecule has 0 radical (unpaired) electrons. The van der Waals surface area contributed by atoms with Gasteiger partial charge in [0.05, 0.1) is 22.0 Å². The first-order chi connectivity index (χ1) is 19.5. The normalized spacial score (nSPS) is 12.0. The Hall–Kier alpha value is -2.78. The third kappa shape index (κ3) is 9.92. The molecule has 0 aliphatic heterocycles. The van der Waals surface area contributed by atoms with Crippen molar-refractivity contribution in [1.29, 1.82) is 0 Å². The fraction of sp³-hybridized carbons (Fsp3) is 0.333. The largest absolute Gasteiger partial charge is 0.354 e. The zero-order chi connectivity index (χ0) is 30.0. The maximum atomic E-state index is 13.8. The first-order valence-electron chi connectivity index (χ1n) is 13.3. The second-order valence-electron chi connectivity index (χ2n) is 9.68. The number of nitrogens with one attached hydrogen (secondary N) is 1. The van der Waals surface area contributed by atoms with E-state index in [4.69, 9.17) is 34.8 Å². The highest BCUT2D eigenvalue weighted by molar-refractivity contribution is 7.92. The first-order valence-corrected chi connectivity index (χ1v) is 16.3. The highest BCUT2D eigenvalue weighted by Gasteiger charge is 2.30. The number of amides is 2. The average molecular weight is 639 g/mol. The van der Waals surface area contributed by atoms with Gasteiger partial charge >= 0.3 is 0 Å². The van der Waals surface area contributed by atoms with Crippen molar-refractivity contribution in [2.75, 3.05) is 23.7 Å². The first kappa shape index (κ1) is 32.7. The fourth-order valence-corrected chi connectivity index (χ4v) is 5.78. The maximum Gasteiger partial charge on any atom is 0.243 e. The van der Waals surface area contributed by atoms with Crippen molar-refractivity contribution in [1.82, 2.24) is 10.2 Å². The molecule has 0 heterocycles. The molecule has 2 amide bonds. The molecule has 0 saturated carbocycles. The van der Waals surface area contributed by atoms with Crippen molar-refractivity contribution in [3.8, 4) is 0 Å². The van der Waals surface area contributed by atoms with Crippen molar-refractivity contribution < 1.29 is 18.0 Å². The summed E-state index contributed by atoms with van der Waals surface area (Å²) in [5, 5.41) is 4.16. The molecule has 3 aromatic carbocycles. The number of carbonyl (C=O) groups excluding carboxylic acids is 2. The molecule has 0 bridgehead atoms. The van der Waals surface area contributed by atoms with E-state index in [9.17, 15) is 18.0 Å². The minimum Gasteiger partial charge on any atom is -0.354 e. The molecule has 220 valence electrons. The van der Waals surface area contributed by atoms with Gasteiger partial charge in [-0.2, -0.15) is 0 Å². The predicted molar refractivity (Wildman–Crippen MR) is 167 cm³/mol. The van der Waals surface area contributed by atoms with Crippen molar-refractivity contribution in [3.05, 3.63) is 99.0 Å². The van der Waals surface area contributed by atoms with Crippen LogP contribution in [0.5, 0.6) is 0 Å². The molecular formula is C30H34Cl3N3O4S. The predicted octanol–water partition coefficient (Wildman–Crippen LogP) is 6.36. The van der Waals surface area contributed by atoms with Gasteiger partial charge in [0.15, 0.2) is 0 Å². The molecule has 41 heavy (non-hydrogen) atoms. The van der Waals surface area contributed by atoms with Gasteiger partial charge in [-0.3, -0.25) is 13.9 Å². The molecule has 3 rings (SSSR count). The monoisotopic (exact) mass is 637 g/mol. The van der Waals surface area contributed by atoms with Crippen molar-refractivity contribution >= 4 is 62.3 Å². The second-order valence-corrected chi connectivity index (χ2v) is 12.8. The van der Waals surface area contributed by atoms with Gasteiger partial charge in [-0.1, -0.05) is 78.1 Å². The number of rotatable bonds is 14. The Balaban J connectivity index is 1.88. The van der Waals surface area contributed by atoms with E-state index < -0.39 is 16.1 Å². The number of hydrogen-bond acceptors (Lipinski definition) is 4. The molecule has 0 aliphatic carbocycles. The van der Waals surface area contributed by atoms with Crippen LogP contribution in [0, 0.1) is 0 Å². The lowest BCUT2D eigenvalue weighted by molar-refractivity contribution is -0.141. The lowest BCUT2D eigenvalue weighted by atomic mass is 10.0. The van der Waals surface area contributed by atoms with Gasteiger partial charge in [0.2, 0.25) is 21.8 Å². The topological polar surface area (TPSA) is 86.8 Å². The molecule has 3 aromatic rings. The minimum atomic E-state index is -3.61. The summed E-state index contributed by atoms with van der Waals surface area (Å²) >= 11 is 18.3. The summed E-state index contributed by atoms with van der Waals surface area (Å²) in [6.07, 6.45) is 2.43. The Kier molecular flexibility index (Phi) is 12.3. The minimum absolute atomic E-state index is 0.0211. The summed E-state index contributed by atoms with van der Waals surface area (Å²) in [5.41, 5.74) is 2.08. The van der Waals surface area contributed by atoms with E-state index in [1.807, 2.05) is 37.3 Å². The third-order valence-electron chi connectivity index (χ3n) is 6.42. The van der Waals surface area contributed by atoms with Crippen LogP contribution >= 0.6 is 34.8 Å². The summed E-state index contributed by atoms with van der Waals surface area (Å²) in [7, 11) is -3.61. The van der Waals surface area contributed by atoms with Crippen molar-refractivity contribution in [3.63, 3.8) is 0 Å². The summed E-state index contributed by atoms with van der Waals surface area (Å²) in [6, 6.07) is 20.3. The molecule has 7 nitrogen and oxygen atoms in total. The zero-order valence-electron chi connectivity index (χ0n) is 23.0. The Morgan fingerprint density at radius 2 is 1.59 bits per heavy atom. The average Bonchev–Trinajstić information content (AvgIpc) is 2.94. The van der Waals surface area contributed by atoms with Gasteiger partial charge in [-0.15, -0.1) is 0 Å². The van der Waals surface area contributed by atoms with E-state index >= 15 is 0 Å². The van der Waals surface area contributed by atoms with E-state index in [2.05, 4.69) is 5.32 Å². The van der Waals surface area contributed by atoms with Gasteiger partial charge in [0.25, 0.3) is 0 Å². The maximum absolute atomic E-state index is 13.8. The number of benzene rings is 3. The van der Waals surface area contributed by atoms with Crippen LogP contribution in [0.25, 0.3) is 0 Å². The molecule has 0 aliphatic rings. The molecule has 0 aromatic heterocycles. The van der Waals surface area contributed by atoms with E-state index in [0.29, 0.717) is 39.3 Å². The van der Waals surface area contributed by atoms with Crippen LogP contribution in [-0.4, -0.2) is 50.5 Å². The summed E-state index contributed by atoms with van der Waals surface area (Å²) in [4.78, 5) is 28.8. The van der Waals surface area contributed by atoms with Crippen molar-refractivity contribution in [2.45, 2.75) is 45.2 Å². The third-order valence-corrected chi connectivity index (χ3v) is 8.61. The van der Waals surface area contributed by atoms with Crippen LogP contribution < -0.4 is 9.62 Å². The standard InChI is InChI=1S/C30H34Cl3N3O4S/c1-3-17-34-30(38)28(20-22-8-5-4-6-9-22)35(21-23-11-16-26(32)27(33)19-23)29(37)10-7-18-36(41(2,39)40)25-14-12-24(31)13-15-25/h4-6,8-9,11-16,19,28H,3,7,10,17-18,20-21H2,1-2H3,(H,34,38)/t28-/m0/s1. The number of halogens is 3. The van der Waals surface area contributed by atoms with E-state index in [0.717, 1.165) is 18.2 Å². The lowest BCUT2D eigenvalue weighted by Crippen LogP contribution is -2.50. The molecule has 1 atom stereocenters. The van der Waals surface area contributed by atoms with Crippen LogP contribution in [0.4, 0.5) is 5.69 Å². The van der Waals surface area contributed by atoms with Crippen LogP contribution in [0.15, 0.2) is 72.8 Å². The Bertz CT molecular complexity index is 1420. The second kappa shape index (κ2) is 15.4. The SMILES string of the molecule is CCCNC(=O)[C@H](Cc1ccccc1)N(Cc1ccc(Cl)c(Cl)c1)C(=O)CCCN(c1ccc(Cl)cc1)S(C)(=O)=O. The quantitative estimate of drug-likeness (QED) is 0.223. The van der Waals surface area contributed by atoms with Gasteiger partial charge in [-0.05, 0) is 60.4 Å². The van der Waals surface area contributed by atoms with E-state index in [-0.39, 0.29) is 37.7 Å². The molecule has 0 unspecified atom stereocenters. The molecule has 1 N–H and O–H groups in total. The van der Waals surface area contributed by atoms with Crippen LogP contribution in [0.2, 0.25) is 15.1 Å². The highest BCUT2D eigenvalue weighted by atomic mass is 35.5. The highest BCUT2D eigenvalue weighted by Crippen LogP contribution is 2.25. The van der Waals surface area contributed by atoms with Crippen LogP contribution in [-0.2, 0) is 32.6 Å².